The molecular weight excluding hydrogens is 312 g/mol. The molecule has 0 amide bonds. The maximum absolute atomic E-state index is 11.7. The Morgan fingerprint density at radius 3 is 2.23 bits per heavy atom. The van der Waals surface area contributed by atoms with E-state index in [-0.39, 0.29) is 12.5 Å². The van der Waals surface area contributed by atoms with Crippen molar-refractivity contribution >= 4 is 22.1 Å². The minimum atomic E-state index is -4.79. The molecular formula is C14H26O7S. The first-order valence-corrected chi connectivity index (χ1v) is 9.07. The lowest BCUT2D eigenvalue weighted by Crippen LogP contribution is -2.34. The van der Waals surface area contributed by atoms with Crippen molar-refractivity contribution in [1.29, 1.82) is 0 Å². The minimum Gasteiger partial charge on any atom is -0.481 e. The average Bonchev–Trinajstić information content (AvgIpc) is 2.42. The van der Waals surface area contributed by atoms with Crippen molar-refractivity contribution in [3.05, 3.63) is 0 Å². The van der Waals surface area contributed by atoms with Crippen LogP contribution in [0.3, 0.4) is 0 Å². The Hall–Kier alpha value is -1.15. The average molecular weight is 338 g/mol. The molecule has 0 fully saturated rings. The number of carbonyl (C=O) groups is 2. The van der Waals surface area contributed by atoms with Crippen molar-refractivity contribution in [3.8, 4) is 0 Å². The maximum Gasteiger partial charge on any atom is 0.327 e. The summed E-state index contributed by atoms with van der Waals surface area (Å²) in [5.41, 5.74) is 0. The summed E-state index contributed by atoms with van der Waals surface area (Å²) in [6.45, 7) is 4.08. The van der Waals surface area contributed by atoms with Gasteiger partial charge in [-0.3, -0.25) is 14.1 Å². The Morgan fingerprint density at radius 2 is 1.77 bits per heavy atom. The number of unbranched alkanes of at least 4 members (excludes halogenated alkanes) is 3. The summed E-state index contributed by atoms with van der Waals surface area (Å²) in [7, 11) is -4.79. The Kier molecular flexibility index (Phi) is 10.0. The number of carboxylic acid groups (broad SMARTS) is 1. The molecule has 2 atom stereocenters. The van der Waals surface area contributed by atoms with E-state index < -0.39 is 33.7 Å². The predicted octanol–water partition coefficient (Wildman–Crippen LogP) is 2.26. The molecule has 0 aromatic heterocycles. The Balaban J connectivity index is 4.44. The molecule has 0 aliphatic heterocycles. The normalized spacial score (nSPS) is 14.3. The van der Waals surface area contributed by atoms with E-state index in [1.165, 1.54) is 0 Å². The third-order valence-electron chi connectivity index (χ3n) is 3.49. The summed E-state index contributed by atoms with van der Waals surface area (Å²) in [6.07, 6.45) is 4.98. The highest BCUT2D eigenvalue weighted by atomic mass is 32.2. The van der Waals surface area contributed by atoms with Gasteiger partial charge in [-0.2, -0.15) is 8.42 Å². The van der Waals surface area contributed by atoms with Crippen LogP contribution in [0, 0.1) is 5.92 Å². The van der Waals surface area contributed by atoms with Crippen LogP contribution in [0.15, 0.2) is 0 Å². The first kappa shape index (κ1) is 20.9. The number of hydrogen-bond donors (Lipinski definition) is 2. The van der Waals surface area contributed by atoms with Gasteiger partial charge in [0, 0.05) is 0 Å². The number of ether oxygens (including phenoxy) is 1. The quantitative estimate of drug-likeness (QED) is 0.318. The standard InChI is InChI=1S/C14H26O7S/c1-3-5-6-7-8-11(4-2)10-21-14(17)12(9-13(15)16)22(18,19)20/h11-12H,3-10H2,1-2H3,(H,15,16)(H,18,19,20). The molecule has 2 N–H and O–H groups in total. The van der Waals surface area contributed by atoms with Gasteiger partial charge in [-0.1, -0.05) is 46.0 Å². The molecule has 0 heterocycles. The van der Waals surface area contributed by atoms with Crippen LogP contribution in [-0.4, -0.2) is 41.9 Å². The molecule has 0 saturated heterocycles. The van der Waals surface area contributed by atoms with E-state index in [0.29, 0.717) is 0 Å². The van der Waals surface area contributed by atoms with Crippen molar-refractivity contribution in [3.63, 3.8) is 0 Å². The lowest BCUT2D eigenvalue weighted by Gasteiger charge is -2.17. The van der Waals surface area contributed by atoms with Crippen LogP contribution >= 0.6 is 0 Å². The first-order valence-electron chi connectivity index (χ1n) is 7.57. The fourth-order valence-electron chi connectivity index (χ4n) is 2.03. The van der Waals surface area contributed by atoms with Gasteiger partial charge in [-0.15, -0.1) is 0 Å². The topological polar surface area (TPSA) is 118 Å². The lowest BCUT2D eigenvalue weighted by atomic mass is 9.99. The van der Waals surface area contributed by atoms with Gasteiger partial charge in [-0.05, 0) is 12.3 Å². The molecule has 0 radical (unpaired) electrons. The van der Waals surface area contributed by atoms with Crippen LogP contribution in [0.2, 0.25) is 0 Å². The highest BCUT2D eigenvalue weighted by Crippen LogP contribution is 2.16. The SMILES string of the molecule is CCCCCCC(CC)COC(=O)C(CC(=O)O)S(=O)(=O)O. The number of esters is 1. The van der Waals surface area contributed by atoms with E-state index in [4.69, 9.17) is 14.4 Å². The Labute approximate surface area is 131 Å². The van der Waals surface area contributed by atoms with Crippen molar-refractivity contribution in [2.24, 2.45) is 5.92 Å². The Bertz CT molecular complexity index is 444. The molecule has 0 saturated carbocycles. The number of rotatable bonds is 12. The van der Waals surface area contributed by atoms with Crippen LogP contribution < -0.4 is 0 Å². The van der Waals surface area contributed by atoms with Crippen LogP contribution in [0.25, 0.3) is 0 Å². The van der Waals surface area contributed by atoms with E-state index in [9.17, 15) is 18.0 Å². The van der Waals surface area contributed by atoms with Gasteiger partial charge >= 0.3 is 11.9 Å². The zero-order valence-electron chi connectivity index (χ0n) is 13.2. The molecule has 0 spiro atoms. The van der Waals surface area contributed by atoms with Crippen LogP contribution in [0.4, 0.5) is 0 Å². The van der Waals surface area contributed by atoms with Gasteiger partial charge in [0.15, 0.2) is 5.25 Å². The van der Waals surface area contributed by atoms with Crippen LogP contribution in [-0.2, 0) is 24.4 Å². The smallest absolute Gasteiger partial charge is 0.327 e. The summed E-state index contributed by atoms with van der Waals surface area (Å²) in [6, 6.07) is 0. The number of hydrogen-bond acceptors (Lipinski definition) is 5. The highest BCUT2D eigenvalue weighted by Gasteiger charge is 2.35. The van der Waals surface area contributed by atoms with Crippen molar-refractivity contribution in [2.75, 3.05) is 6.61 Å². The fourth-order valence-corrected chi connectivity index (χ4v) is 2.69. The van der Waals surface area contributed by atoms with E-state index in [1.54, 1.807) is 0 Å². The second-order valence-electron chi connectivity index (χ2n) is 5.36. The predicted molar refractivity (Wildman–Crippen MR) is 81.1 cm³/mol. The van der Waals surface area contributed by atoms with Gasteiger partial charge in [0.2, 0.25) is 0 Å². The van der Waals surface area contributed by atoms with E-state index in [0.717, 1.165) is 38.5 Å². The molecule has 0 aromatic rings. The van der Waals surface area contributed by atoms with E-state index >= 15 is 0 Å². The zero-order valence-corrected chi connectivity index (χ0v) is 14.0. The Morgan fingerprint density at radius 1 is 1.14 bits per heavy atom. The van der Waals surface area contributed by atoms with Gasteiger partial charge in [-0.25, -0.2) is 0 Å². The van der Waals surface area contributed by atoms with Gasteiger partial charge < -0.3 is 9.84 Å². The van der Waals surface area contributed by atoms with E-state index in [2.05, 4.69) is 6.92 Å². The third-order valence-corrected chi connectivity index (χ3v) is 4.57. The molecule has 7 nitrogen and oxygen atoms in total. The molecule has 0 aliphatic carbocycles. The number of carbonyl (C=O) groups excluding carboxylic acids is 1. The summed E-state index contributed by atoms with van der Waals surface area (Å²) < 4.78 is 35.9. The molecule has 0 rings (SSSR count). The molecule has 0 aliphatic rings. The summed E-state index contributed by atoms with van der Waals surface area (Å²) in [4.78, 5) is 22.3. The maximum atomic E-state index is 11.7. The van der Waals surface area contributed by atoms with Crippen molar-refractivity contribution in [2.45, 2.75) is 64.0 Å². The van der Waals surface area contributed by atoms with Gasteiger partial charge in [0.05, 0.1) is 13.0 Å². The molecule has 8 heteroatoms. The fraction of sp³-hybridized carbons (Fsp3) is 0.857. The zero-order chi connectivity index (χ0) is 17.2. The lowest BCUT2D eigenvalue weighted by molar-refractivity contribution is -0.148. The summed E-state index contributed by atoms with van der Waals surface area (Å²) >= 11 is 0. The van der Waals surface area contributed by atoms with E-state index in [1.807, 2.05) is 6.92 Å². The summed E-state index contributed by atoms with van der Waals surface area (Å²) in [5, 5.41) is 6.54. The summed E-state index contributed by atoms with van der Waals surface area (Å²) in [5.74, 6) is -2.60. The van der Waals surface area contributed by atoms with Crippen LogP contribution in [0.1, 0.15) is 58.8 Å². The second kappa shape index (κ2) is 10.6. The first-order chi connectivity index (χ1) is 10.2. The largest absolute Gasteiger partial charge is 0.481 e. The third kappa shape index (κ3) is 8.99. The number of aliphatic carboxylic acids is 1. The van der Waals surface area contributed by atoms with Crippen molar-refractivity contribution in [1.82, 2.24) is 0 Å². The monoisotopic (exact) mass is 338 g/mol. The van der Waals surface area contributed by atoms with Gasteiger partial charge in [0.25, 0.3) is 10.1 Å². The van der Waals surface area contributed by atoms with Crippen molar-refractivity contribution < 1.29 is 32.4 Å². The highest BCUT2D eigenvalue weighted by molar-refractivity contribution is 7.87. The van der Waals surface area contributed by atoms with Crippen LogP contribution in [0.5, 0.6) is 0 Å². The molecule has 0 aromatic carbocycles. The molecule has 2 unspecified atom stereocenters. The van der Waals surface area contributed by atoms with Gasteiger partial charge in [0.1, 0.15) is 0 Å². The molecule has 22 heavy (non-hydrogen) atoms. The molecule has 0 bridgehead atoms. The second-order valence-corrected chi connectivity index (χ2v) is 6.95. The molecule has 130 valence electrons. The minimum absolute atomic E-state index is 0.0348. The number of carboxylic acids is 1.